The lowest BCUT2D eigenvalue weighted by Crippen LogP contribution is -2.21. The summed E-state index contributed by atoms with van der Waals surface area (Å²) in [5.74, 6) is 0. The molecule has 2 N–H and O–H groups in total. The molecule has 0 aliphatic rings. The van der Waals surface area contributed by atoms with Crippen molar-refractivity contribution in [3.63, 3.8) is 0 Å². The second-order valence-corrected chi connectivity index (χ2v) is 1.40. The minimum atomic E-state index is -0.935. The Morgan fingerprint density at radius 2 is 2.50 bits per heavy atom. The van der Waals surface area contributed by atoms with E-state index in [4.69, 9.17) is 0 Å². The normalized spacial score (nSPS) is 12.8. The first-order valence-electron chi connectivity index (χ1n) is 2.19. The van der Waals surface area contributed by atoms with E-state index in [0.29, 0.717) is 0 Å². The van der Waals surface area contributed by atoms with Crippen LogP contribution in [0.1, 0.15) is 6.92 Å². The van der Waals surface area contributed by atoms with Gasteiger partial charge in [0.25, 0.3) is 0 Å². The van der Waals surface area contributed by atoms with Crippen molar-refractivity contribution < 1.29 is 13.9 Å². The van der Waals surface area contributed by atoms with E-state index in [-0.39, 0.29) is 0 Å². The van der Waals surface area contributed by atoms with Crippen LogP contribution in [0.25, 0.3) is 0 Å². The summed E-state index contributed by atoms with van der Waals surface area (Å²) in [6, 6.07) is 0. The molecule has 8 heavy (non-hydrogen) atoms. The maximum atomic E-state index is 11.4. The van der Waals surface area contributed by atoms with Crippen molar-refractivity contribution in [3.8, 4) is 0 Å². The zero-order valence-corrected chi connectivity index (χ0v) is 4.56. The minimum Gasteiger partial charge on any atom is -0.444 e. The van der Waals surface area contributed by atoms with Gasteiger partial charge in [0.1, 0.15) is 12.8 Å². The van der Waals surface area contributed by atoms with Crippen molar-refractivity contribution in [1.29, 1.82) is 0 Å². The molecule has 0 bridgehead atoms. The van der Waals surface area contributed by atoms with Gasteiger partial charge in [-0.2, -0.15) is 0 Å². The molecule has 0 aliphatic heterocycles. The number of hydrogen-bond acceptors (Lipinski definition) is 2. The first-order valence-corrected chi connectivity index (χ1v) is 2.19. The second-order valence-electron chi connectivity index (χ2n) is 1.40. The molecule has 0 radical (unpaired) electrons. The van der Waals surface area contributed by atoms with Gasteiger partial charge in [0, 0.05) is 0 Å². The van der Waals surface area contributed by atoms with Gasteiger partial charge in [-0.05, 0) is 6.92 Å². The van der Waals surface area contributed by atoms with Crippen LogP contribution in [-0.2, 0) is 4.74 Å². The highest BCUT2D eigenvalue weighted by Gasteiger charge is 2.02. The van der Waals surface area contributed by atoms with Crippen molar-refractivity contribution in [1.82, 2.24) is 0 Å². The lowest BCUT2D eigenvalue weighted by atomic mass is 10.5. The third-order valence-corrected chi connectivity index (χ3v) is 0.535. The molecular formula is C4H8FNO2. The summed E-state index contributed by atoms with van der Waals surface area (Å²) in [5.41, 5.74) is 4.54. The molecule has 0 spiro atoms. The van der Waals surface area contributed by atoms with Crippen molar-refractivity contribution >= 4 is 6.09 Å². The van der Waals surface area contributed by atoms with E-state index in [9.17, 15) is 9.18 Å². The molecule has 0 aromatic heterocycles. The summed E-state index contributed by atoms with van der Waals surface area (Å²) in [5, 5.41) is 0. The Labute approximate surface area is 46.6 Å². The van der Waals surface area contributed by atoms with E-state index >= 15 is 0 Å². The summed E-state index contributed by atoms with van der Waals surface area (Å²) in [6.45, 7) is 0.730. The Morgan fingerprint density at radius 1 is 2.00 bits per heavy atom. The van der Waals surface area contributed by atoms with Crippen LogP contribution < -0.4 is 5.73 Å². The lowest BCUT2D eigenvalue weighted by Gasteiger charge is -2.03. The van der Waals surface area contributed by atoms with E-state index in [2.05, 4.69) is 10.5 Å². The predicted molar refractivity (Wildman–Crippen MR) is 26.1 cm³/mol. The molecule has 48 valence electrons. The number of carbonyl (C=O) groups excluding carboxylic acids is 1. The Bertz CT molecular complexity index is 86.1. The van der Waals surface area contributed by atoms with Gasteiger partial charge >= 0.3 is 6.09 Å². The molecule has 1 amide bonds. The van der Waals surface area contributed by atoms with Gasteiger partial charge < -0.3 is 10.5 Å². The molecule has 0 rings (SSSR count). The van der Waals surface area contributed by atoms with Crippen molar-refractivity contribution in [2.75, 3.05) is 6.67 Å². The molecule has 0 fully saturated rings. The van der Waals surface area contributed by atoms with Crippen LogP contribution in [0.2, 0.25) is 0 Å². The number of nitrogens with two attached hydrogens (primary N) is 1. The summed E-state index contributed by atoms with van der Waals surface area (Å²) in [6.07, 6.45) is -1.65. The van der Waals surface area contributed by atoms with Crippen molar-refractivity contribution in [2.24, 2.45) is 5.73 Å². The SMILES string of the molecule is CC(CF)OC(N)=O. The fourth-order valence-corrected chi connectivity index (χ4v) is 0.230. The fourth-order valence-electron chi connectivity index (χ4n) is 0.230. The minimum absolute atomic E-state index is 0.692. The van der Waals surface area contributed by atoms with Crippen LogP contribution in [0.4, 0.5) is 9.18 Å². The molecule has 0 aromatic rings. The number of primary amides is 1. The second kappa shape index (κ2) is 3.23. The summed E-state index contributed by atoms with van der Waals surface area (Å²) < 4.78 is 15.6. The van der Waals surface area contributed by atoms with Crippen molar-refractivity contribution in [2.45, 2.75) is 13.0 Å². The van der Waals surface area contributed by atoms with Gasteiger partial charge in [0.15, 0.2) is 0 Å². The third-order valence-electron chi connectivity index (χ3n) is 0.535. The first kappa shape index (κ1) is 7.20. The molecule has 0 heterocycles. The van der Waals surface area contributed by atoms with E-state index in [0.717, 1.165) is 0 Å². The number of halogens is 1. The predicted octanol–water partition coefficient (Wildman–Crippen LogP) is 0.440. The average Bonchev–Trinajstić information content (AvgIpc) is 1.65. The highest BCUT2D eigenvalue weighted by Crippen LogP contribution is 1.88. The Kier molecular flexibility index (Phi) is 2.91. The first-order chi connectivity index (χ1) is 3.66. The smallest absolute Gasteiger partial charge is 0.404 e. The van der Waals surface area contributed by atoms with E-state index < -0.39 is 18.9 Å². The summed E-state index contributed by atoms with van der Waals surface area (Å²) in [7, 11) is 0. The Balaban J connectivity index is 3.24. The van der Waals surface area contributed by atoms with Crippen LogP contribution in [0.5, 0.6) is 0 Å². The van der Waals surface area contributed by atoms with Crippen LogP contribution in [0.3, 0.4) is 0 Å². The van der Waals surface area contributed by atoms with Gasteiger partial charge in [0.2, 0.25) is 0 Å². The third kappa shape index (κ3) is 3.39. The molecular weight excluding hydrogens is 113 g/mol. The molecule has 1 atom stereocenters. The molecule has 3 nitrogen and oxygen atoms in total. The number of ether oxygens (including phenoxy) is 1. The van der Waals surface area contributed by atoms with Crippen LogP contribution in [0.15, 0.2) is 0 Å². The molecule has 1 unspecified atom stereocenters. The fraction of sp³-hybridized carbons (Fsp3) is 0.750. The van der Waals surface area contributed by atoms with E-state index in [1.54, 1.807) is 0 Å². The average molecular weight is 121 g/mol. The molecule has 0 aromatic carbocycles. The number of hydrogen-bond donors (Lipinski definition) is 1. The van der Waals surface area contributed by atoms with E-state index in [1.807, 2.05) is 0 Å². The Hall–Kier alpha value is -0.800. The highest BCUT2D eigenvalue weighted by molar-refractivity contribution is 5.64. The summed E-state index contributed by atoms with van der Waals surface area (Å²) >= 11 is 0. The maximum absolute atomic E-state index is 11.4. The van der Waals surface area contributed by atoms with Gasteiger partial charge in [-0.3, -0.25) is 0 Å². The van der Waals surface area contributed by atoms with Crippen LogP contribution in [-0.4, -0.2) is 18.9 Å². The van der Waals surface area contributed by atoms with Gasteiger partial charge in [-0.15, -0.1) is 0 Å². The number of rotatable bonds is 2. The Morgan fingerprint density at radius 3 is 2.62 bits per heavy atom. The molecule has 0 saturated heterocycles. The van der Waals surface area contributed by atoms with Crippen LogP contribution in [0, 0.1) is 0 Å². The van der Waals surface area contributed by atoms with Crippen LogP contribution >= 0.6 is 0 Å². The van der Waals surface area contributed by atoms with Gasteiger partial charge in [0.05, 0.1) is 0 Å². The topological polar surface area (TPSA) is 52.3 Å². The standard InChI is InChI=1S/C4H8FNO2/c1-3(2-5)8-4(6)7/h3H,2H2,1H3,(H2,6,7). The summed E-state index contributed by atoms with van der Waals surface area (Å²) in [4.78, 5) is 9.80. The van der Waals surface area contributed by atoms with Gasteiger partial charge in [-0.1, -0.05) is 0 Å². The molecule has 0 aliphatic carbocycles. The number of carbonyl (C=O) groups is 1. The van der Waals surface area contributed by atoms with Crippen molar-refractivity contribution in [3.05, 3.63) is 0 Å². The maximum Gasteiger partial charge on any atom is 0.404 e. The zero-order chi connectivity index (χ0) is 6.57. The monoisotopic (exact) mass is 121 g/mol. The number of alkyl halides is 1. The molecule has 0 saturated carbocycles. The largest absolute Gasteiger partial charge is 0.444 e. The van der Waals surface area contributed by atoms with Gasteiger partial charge in [-0.25, -0.2) is 9.18 Å². The molecule has 4 heteroatoms. The van der Waals surface area contributed by atoms with E-state index in [1.165, 1.54) is 6.92 Å². The highest BCUT2D eigenvalue weighted by atomic mass is 19.1. The lowest BCUT2D eigenvalue weighted by molar-refractivity contribution is 0.0998. The number of amides is 1. The quantitative estimate of drug-likeness (QED) is 0.576. The zero-order valence-electron chi connectivity index (χ0n) is 4.56.